The summed E-state index contributed by atoms with van der Waals surface area (Å²) in [7, 11) is 0. The van der Waals surface area contributed by atoms with E-state index in [1.807, 2.05) is 30.5 Å². The highest BCUT2D eigenvalue weighted by atomic mass is 35.5. The van der Waals surface area contributed by atoms with Gasteiger partial charge in [-0.3, -0.25) is 0 Å². The Morgan fingerprint density at radius 3 is 2.76 bits per heavy atom. The number of nitrogens with zero attached hydrogens (tertiary/aromatic N) is 1. The summed E-state index contributed by atoms with van der Waals surface area (Å²) < 4.78 is 0. The molecule has 2 aliphatic rings. The molecule has 3 heterocycles. The molecule has 0 saturated carbocycles. The molecule has 2 saturated heterocycles. The number of benzene rings is 1. The fourth-order valence-corrected chi connectivity index (χ4v) is 4.12. The maximum Gasteiger partial charge on any atom is 0.136 e. The van der Waals surface area contributed by atoms with E-state index in [-0.39, 0.29) is 0 Å². The number of halogens is 2. The summed E-state index contributed by atoms with van der Waals surface area (Å²) in [6.07, 6.45) is 5.72. The molecule has 2 aromatic rings. The van der Waals surface area contributed by atoms with E-state index in [2.05, 4.69) is 16.4 Å². The molecule has 3 atom stereocenters. The molecule has 21 heavy (non-hydrogen) atoms. The lowest BCUT2D eigenvalue weighted by Gasteiger charge is -2.21. The third kappa shape index (κ3) is 2.46. The van der Waals surface area contributed by atoms with Gasteiger partial charge in [0.2, 0.25) is 0 Å². The lowest BCUT2D eigenvalue weighted by molar-refractivity contribution is 0.505. The van der Waals surface area contributed by atoms with Crippen LogP contribution in [0.15, 0.2) is 36.5 Å². The number of pyridine rings is 1. The lowest BCUT2D eigenvalue weighted by atomic mass is 9.84. The van der Waals surface area contributed by atoms with Crippen molar-refractivity contribution in [3.05, 3.63) is 52.3 Å². The van der Waals surface area contributed by atoms with Gasteiger partial charge in [-0.2, -0.15) is 0 Å². The van der Waals surface area contributed by atoms with E-state index in [0.717, 1.165) is 16.1 Å². The number of fused-ring (bicyclic) bond motifs is 2. The minimum absolute atomic E-state index is 0.539. The monoisotopic (exact) mass is 318 g/mol. The molecule has 1 N–H and O–H groups in total. The number of aromatic nitrogens is 1. The smallest absolute Gasteiger partial charge is 0.136 e. The third-order valence-electron chi connectivity index (χ3n) is 4.72. The van der Waals surface area contributed by atoms with Crippen LogP contribution in [0.5, 0.6) is 0 Å². The Bertz CT molecular complexity index is 686. The van der Waals surface area contributed by atoms with Crippen LogP contribution in [0.25, 0.3) is 11.1 Å². The first-order valence-corrected chi connectivity index (χ1v) is 8.14. The minimum Gasteiger partial charge on any atom is -0.311 e. The van der Waals surface area contributed by atoms with Gasteiger partial charge in [0.05, 0.1) is 0 Å². The summed E-state index contributed by atoms with van der Waals surface area (Å²) in [6.45, 7) is 0. The fraction of sp³-hybridized carbons (Fsp3) is 0.353. The van der Waals surface area contributed by atoms with E-state index >= 15 is 0 Å². The van der Waals surface area contributed by atoms with Gasteiger partial charge in [-0.05, 0) is 48.6 Å². The second-order valence-electron chi connectivity index (χ2n) is 6.01. The van der Waals surface area contributed by atoms with Gasteiger partial charge in [0.1, 0.15) is 5.15 Å². The molecule has 0 amide bonds. The van der Waals surface area contributed by atoms with Crippen LogP contribution in [0, 0.1) is 0 Å². The Labute approximate surface area is 134 Å². The number of hydrogen-bond acceptors (Lipinski definition) is 2. The maximum atomic E-state index is 6.30. The molecule has 4 heteroatoms. The van der Waals surface area contributed by atoms with Gasteiger partial charge < -0.3 is 5.32 Å². The maximum absolute atomic E-state index is 6.30. The SMILES string of the molecule is Clc1cccc(-c2cc(C3CC4CCC3N4)cnc2Cl)c1. The van der Waals surface area contributed by atoms with Crippen molar-refractivity contribution in [2.45, 2.75) is 37.3 Å². The van der Waals surface area contributed by atoms with Gasteiger partial charge >= 0.3 is 0 Å². The topological polar surface area (TPSA) is 24.9 Å². The minimum atomic E-state index is 0.539. The summed E-state index contributed by atoms with van der Waals surface area (Å²) in [5.41, 5.74) is 3.28. The van der Waals surface area contributed by atoms with Crippen LogP contribution in [0.2, 0.25) is 10.2 Å². The van der Waals surface area contributed by atoms with Gasteiger partial charge in [-0.15, -0.1) is 0 Å². The van der Waals surface area contributed by atoms with Crippen LogP contribution in [0.1, 0.15) is 30.7 Å². The first kappa shape index (κ1) is 13.6. The van der Waals surface area contributed by atoms with Crippen molar-refractivity contribution in [1.82, 2.24) is 10.3 Å². The third-order valence-corrected chi connectivity index (χ3v) is 5.26. The summed E-state index contributed by atoms with van der Waals surface area (Å²) in [5.74, 6) is 0.562. The van der Waals surface area contributed by atoms with Crippen LogP contribution in [0.4, 0.5) is 0 Å². The van der Waals surface area contributed by atoms with E-state index in [0.29, 0.717) is 23.2 Å². The van der Waals surface area contributed by atoms with Crippen LogP contribution in [0.3, 0.4) is 0 Å². The predicted octanol–water partition coefficient (Wildman–Crippen LogP) is 4.66. The molecule has 1 aromatic carbocycles. The molecular formula is C17H16Cl2N2. The van der Waals surface area contributed by atoms with E-state index in [9.17, 15) is 0 Å². The average molecular weight is 319 g/mol. The highest BCUT2D eigenvalue weighted by Gasteiger charge is 2.39. The zero-order valence-electron chi connectivity index (χ0n) is 11.5. The van der Waals surface area contributed by atoms with Crippen molar-refractivity contribution in [2.75, 3.05) is 0 Å². The molecular weight excluding hydrogens is 303 g/mol. The molecule has 108 valence electrons. The molecule has 2 fully saturated rings. The van der Waals surface area contributed by atoms with E-state index in [4.69, 9.17) is 23.2 Å². The van der Waals surface area contributed by atoms with Crippen molar-refractivity contribution < 1.29 is 0 Å². The Morgan fingerprint density at radius 1 is 1.14 bits per heavy atom. The van der Waals surface area contributed by atoms with Crippen LogP contribution in [-0.2, 0) is 0 Å². The zero-order valence-corrected chi connectivity index (χ0v) is 13.0. The molecule has 2 aliphatic heterocycles. The quantitative estimate of drug-likeness (QED) is 0.814. The van der Waals surface area contributed by atoms with E-state index in [1.54, 1.807) is 0 Å². The van der Waals surface area contributed by atoms with Crippen molar-refractivity contribution >= 4 is 23.2 Å². The predicted molar refractivity (Wildman–Crippen MR) is 87.0 cm³/mol. The van der Waals surface area contributed by atoms with Crippen LogP contribution < -0.4 is 5.32 Å². The zero-order chi connectivity index (χ0) is 14.4. The fourth-order valence-electron chi connectivity index (χ4n) is 3.72. The Hall–Kier alpha value is -1.09. The van der Waals surface area contributed by atoms with Crippen molar-refractivity contribution in [3.63, 3.8) is 0 Å². The number of nitrogens with one attached hydrogen (secondary N) is 1. The van der Waals surface area contributed by atoms with Crippen molar-refractivity contribution in [3.8, 4) is 11.1 Å². The molecule has 0 radical (unpaired) electrons. The summed E-state index contributed by atoms with van der Waals surface area (Å²) in [5, 5.41) is 4.93. The molecule has 0 spiro atoms. The van der Waals surface area contributed by atoms with Crippen LogP contribution in [-0.4, -0.2) is 17.1 Å². The van der Waals surface area contributed by atoms with Gasteiger partial charge in [0.15, 0.2) is 0 Å². The summed E-state index contributed by atoms with van der Waals surface area (Å²) in [4.78, 5) is 4.41. The normalized spacial score (nSPS) is 27.2. The van der Waals surface area contributed by atoms with Gasteiger partial charge in [0, 0.05) is 34.8 Å². The number of hydrogen-bond donors (Lipinski definition) is 1. The molecule has 3 unspecified atom stereocenters. The first-order valence-electron chi connectivity index (χ1n) is 7.38. The lowest BCUT2D eigenvalue weighted by Crippen LogP contribution is -2.21. The highest BCUT2D eigenvalue weighted by molar-refractivity contribution is 6.32. The Kier molecular flexibility index (Phi) is 3.41. The largest absolute Gasteiger partial charge is 0.311 e. The number of rotatable bonds is 2. The molecule has 0 aliphatic carbocycles. The molecule has 4 rings (SSSR count). The Morgan fingerprint density at radius 2 is 2.05 bits per heavy atom. The second-order valence-corrected chi connectivity index (χ2v) is 6.80. The Balaban J connectivity index is 1.73. The van der Waals surface area contributed by atoms with Gasteiger partial charge in [0.25, 0.3) is 0 Å². The summed E-state index contributed by atoms with van der Waals surface area (Å²) >= 11 is 12.4. The van der Waals surface area contributed by atoms with Gasteiger partial charge in [-0.1, -0.05) is 35.3 Å². The average Bonchev–Trinajstić information content (AvgIpc) is 3.10. The summed E-state index contributed by atoms with van der Waals surface area (Å²) in [6, 6.07) is 11.3. The van der Waals surface area contributed by atoms with Crippen LogP contribution >= 0.6 is 23.2 Å². The van der Waals surface area contributed by atoms with Crippen molar-refractivity contribution in [2.24, 2.45) is 0 Å². The molecule has 1 aromatic heterocycles. The molecule has 2 bridgehead atoms. The van der Waals surface area contributed by atoms with E-state index < -0.39 is 0 Å². The molecule has 2 nitrogen and oxygen atoms in total. The standard InChI is InChI=1S/C17H16Cl2N2/c18-12-3-1-2-10(6-12)15-7-11(9-20-17(15)19)14-8-13-4-5-16(14)21-13/h1-3,6-7,9,13-14,16,21H,4-5,8H2. The first-order chi connectivity index (χ1) is 10.2. The second kappa shape index (κ2) is 5.28. The van der Waals surface area contributed by atoms with Crippen molar-refractivity contribution in [1.29, 1.82) is 0 Å². The highest BCUT2D eigenvalue weighted by Crippen LogP contribution is 2.41. The van der Waals surface area contributed by atoms with E-state index in [1.165, 1.54) is 24.8 Å². The van der Waals surface area contributed by atoms with Gasteiger partial charge in [-0.25, -0.2) is 4.98 Å².